The smallest absolute Gasteiger partial charge is 0.307 e. The molecular formula is C14H19NO2. The number of hydrogen-bond donors (Lipinski definition) is 2. The molecular weight excluding hydrogens is 214 g/mol. The van der Waals surface area contributed by atoms with Gasteiger partial charge in [-0.3, -0.25) is 4.79 Å². The fraction of sp³-hybridized carbons (Fsp3) is 0.500. The van der Waals surface area contributed by atoms with Gasteiger partial charge < -0.3 is 10.8 Å². The zero-order valence-electron chi connectivity index (χ0n) is 10.1. The Balaban J connectivity index is 2.36. The minimum absolute atomic E-state index is 0.158. The quantitative estimate of drug-likeness (QED) is 0.786. The number of benzene rings is 1. The first-order valence-corrected chi connectivity index (χ1v) is 6.19. The van der Waals surface area contributed by atoms with E-state index in [1.165, 1.54) is 0 Å². The van der Waals surface area contributed by atoms with Crippen LogP contribution in [0.3, 0.4) is 0 Å². The molecule has 0 amide bonds. The maximum absolute atomic E-state index is 11.4. The maximum Gasteiger partial charge on any atom is 0.307 e. The van der Waals surface area contributed by atoms with Crippen molar-refractivity contribution in [3.8, 4) is 0 Å². The summed E-state index contributed by atoms with van der Waals surface area (Å²) < 4.78 is 0. The average Bonchev–Trinajstić information content (AvgIpc) is 2.24. The highest BCUT2D eigenvalue weighted by molar-refractivity contribution is 5.73. The highest BCUT2D eigenvalue weighted by atomic mass is 16.4. The Hall–Kier alpha value is -1.51. The second kappa shape index (κ2) is 4.40. The molecule has 1 aliphatic carbocycles. The molecule has 92 valence electrons. The lowest BCUT2D eigenvalue weighted by Gasteiger charge is -2.46. The van der Waals surface area contributed by atoms with Crippen LogP contribution >= 0.6 is 0 Å². The van der Waals surface area contributed by atoms with Crippen LogP contribution in [0.2, 0.25) is 0 Å². The highest BCUT2D eigenvalue weighted by Crippen LogP contribution is 2.50. The number of carboxylic acids is 1. The fourth-order valence-electron chi connectivity index (χ4n) is 3.01. The van der Waals surface area contributed by atoms with Gasteiger partial charge in [-0.15, -0.1) is 0 Å². The fourth-order valence-corrected chi connectivity index (χ4v) is 3.01. The number of carboxylic acid groups (broad SMARTS) is 1. The van der Waals surface area contributed by atoms with Gasteiger partial charge in [0.25, 0.3) is 0 Å². The van der Waals surface area contributed by atoms with Crippen molar-refractivity contribution in [3.05, 3.63) is 29.8 Å². The Labute approximate surface area is 102 Å². The Kier molecular flexibility index (Phi) is 3.09. The van der Waals surface area contributed by atoms with Crippen molar-refractivity contribution in [1.29, 1.82) is 0 Å². The maximum atomic E-state index is 11.4. The number of rotatable bonds is 4. The summed E-state index contributed by atoms with van der Waals surface area (Å²) in [6.07, 6.45) is 3.75. The first kappa shape index (κ1) is 12.0. The van der Waals surface area contributed by atoms with E-state index in [-0.39, 0.29) is 11.3 Å². The molecule has 1 atom stereocenters. The van der Waals surface area contributed by atoms with E-state index in [9.17, 15) is 9.90 Å². The van der Waals surface area contributed by atoms with E-state index >= 15 is 0 Å². The Morgan fingerprint density at radius 1 is 1.41 bits per heavy atom. The molecule has 3 heteroatoms. The van der Waals surface area contributed by atoms with Gasteiger partial charge in [-0.1, -0.05) is 25.5 Å². The molecule has 0 spiro atoms. The van der Waals surface area contributed by atoms with Gasteiger partial charge in [-0.25, -0.2) is 0 Å². The molecule has 0 aromatic heterocycles. The third-order valence-electron chi connectivity index (χ3n) is 4.10. The van der Waals surface area contributed by atoms with Crippen molar-refractivity contribution in [2.75, 3.05) is 5.73 Å². The summed E-state index contributed by atoms with van der Waals surface area (Å²) in [5.41, 5.74) is 7.38. The van der Waals surface area contributed by atoms with Crippen LogP contribution in [0, 0.1) is 5.92 Å². The average molecular weight is 233 g/mol. The summed E-state index contributed by atoms with van der Waals surface area (Å²) in [7, 11) is 0. The van der Waals surface area contributed by atoms with E-state index in [4.69, 9.17) is 5.73 Å². The van der Waals surface area contributed by atoms with Gasteiger partial charge >= 0.3 is 5.97 Å². The zero-order chi connectivity index (χ0) is 12.5. The lowest BCUT2D eigenvalue weighted by Crippen LogP contribution is -2.45. The molecule has 0 heterocycles. The lowest BCUT2D eigenvalue weighted by molar-refractivity contribution is -0.146. The van der Waals surface area contributed by atoms with Crippen LogP contribution in [0.15, 0.2) is 24.3 Å². The van der Waals surface area contributed by atoms with Crippen molar-refractivity contribution >= 4 is 11.7 Å². The van der Waals surface area contributed by atoms with E-state index in [1.54, 1.807) is 0 Å². The molecule has 3 N–H and O–H groups in total. The molecule has 0 saturated heterocycles. The first-order valence-electron chi connectivity index (χ1n) is 6.19. The van der Waals surface area contributed by atoms with Gasteiger partial charge in [0.2, 0.25) is 0 Å². The standard InChI is InChI=1S/C14H19NO2/c1-2-12(13(16)17)14(8-3-9-14)10-4-6-11(15)7-5-10/h4-7,12H,2-3,8-9,15H2,1H3,(H,16,17). The summed E-state index contributed by atoms with van der Waals surface area (Å²) >= 11 is 0. The summed E-state index contributed by atoms with van der Waals surface area (Å²) in [5.74, 6) is -0.955. The van der Waals surface area contributed by atoms with Gasteiger partial charge in [0.15, 0.2) is 0 Å². The summed E-state index contributed by atoms with van der Waals surface area (Å²) in [6, 6.07) is 7.70. The van der Waals surface area contributed by atoms with Crippen molar-refractivity contribution in [3.63, 3.8) is 0 Å². The van der Waals surface area contributed by atoms with Crippen LogP contribution in [0.5, 0.6) is 0 Å². The molecule has 1 aromatic carbocycles. The molecule has 3 nitrogen and oxygen atoms in total. The topological polar surface area (TPSA) is 63.3 Å². The van der Waals surface area contributed by atoms with Crippen LogP contribution < -0.4 is 5.73 Å². The first-order chi connectivity index (χ1) is 8.10. The van der Waals surface area contributed by atoms with Crippen LogP contribution in [0.25, 0.3) is 0 Å². The second-order valence-corrected chi connectivity index (χ2v) is 4.93. The second-order valence-electron chi connectivity index (χ2n) is 4.93. The molecule has 2 rings (SSSR count). The normalized spacial score (nSPS) is 19.4. The van der Waals surface area contributed by atoms with E-state index in [2.05, 4.69) is 0 Å². The molecule has 1 fully saturated rings. The van der Waals surface area contributed by atoms with Crippen LogP contribution in [-0.2, 0) is 10.2 Å². The van der Waals surface area contributed by atoms with Gasteiger partial charge in [0, 0.05) is 11.1 Å². The number of carbonyl (C=O) groups is 1. The van der Waals surface area contributed by atoms with Crippen LogP contribution in [0.1, 0.15) is 38.2 Å². The van der Waals surface area contributed by atoms with Gasteiger partial charge in [0.1, 0.15) is 0 Å². The molecule has 1 aromatic rings. The summed E-state index contributed by atoms with van der Waals surface area (Å²) in [5, 5.41) is 9.37. The van der Waals surface area contributed by atoms with Crippen molar-refractivity contribution in [2.45, 2.75) is 38.0 Å². The lowest BCUT2D eigenvalue weighted by atomic mass is 9.57. The Morgan fingerprint density at radius 3 is 2.35 bits per heavy atom. The number of nitrogens with two attached hydrogens (primary N) is 1. The van der Waals surface area contributed by atoms with Crippen LogP contribution in [-0.4, -0.2) is 11.1 Å². The van der Waals surface area contributed by atoms with Gasteiger partial charge in [0.05, 0.1) is 5.92 Å². The molecule has 1 saturated carbocycles. The molecule has 0 bridgehead atoms. The minimum Gasteiger partial charge on any atom is -0.481 e. The number of anilines is 1. The predicted molar refractivity (Wildman–Crippen MR) is 67.8 cm³/mol. The molecule has 1 unspecified atom stereocenters. The van der Waals surface area contributed by atoms with E-state index in [0.717, 1.165) is 30.5 Å². The van der Waals surface area contributed by atoms with Crippen molar-refractivity contribution in [2.24, 2.45) is 5.92 Å². The zero-order valence-corrected chi connectivity index (χ0v) is 10.1. The van der Waals surface area contributed by atoms with Gasteiger partial charge in [-0.05, 0) is 37.0 Å². The monoisotopic (exact) mass is 233 g/mol. The van der Waals surface area contributed by atoms with Crippen molar-refractivity contribution < 1.29 is 9.90 Å². The SMILES string of the molecule is CCC(C(=O)O)C1(c2ccc(N)cc2)CCC1. The van der Waals surface area contributed by atoms with E-state index in [1.807, 2.05) is 31.2 Å². The van der Waals surface area contributed by atoms with E-state index in [0.29, 0.717) is 6.42 Å². The molecule has 1 aliphatic rings. The third kappa shape index (κ3) is 1.90. The predicted octanol–water partition coefficient (Wildman–Crippen LogP) is 2.80. The van der Waals surface area contributed by atoms with E-state index < -0.39 is 5.97 Å². The third-order valence-corrected chi connectivity index (χ3v) is 4.10. The summed E-state index contributed by atoms with van der Waals surface area (Å²) in [4.78, 5) is 11.4. The molecule has 17 heavy (non-hydrogen) atoms. The number of hydrogen-bond acceptors (Lipinski definition) is 2. The number of nitrogen functional groups attached to an aromatic ring is 1. The summed E-state index contributed by atoms with van der Waals surface area (Å²) in [6.45, 7) is 1.95. The number of aliphatic carboxylic acids is 1. The Bertz CT molecular complexity index is 407. The molecule has 0 radical (unpaired) electrons. The minimum atomic E-state index is -0.677. The molecule has 0 aliphatic heterocycles. The highest BCUT2D eigenvalue weighted by Gasteiger charge is 2.47. The Morgan fingerprint density at radius 2 is 2.00 bits per heavy atom. The van der Waals surface area contributed by atoms with Gasteiger partial charge in [-0.2, -0.15) is 0 Å². The van der Waals surface area contributed by atoms with Crippen molar-refractivity contribution in [1.82, 2.24) is 0 Å². The largest absolute Gasteiger partial charge is 0.481 e. The van der Waals surface area contributed by atoms with Crippen LogP contribution in [0.4, 0.5) is 5.69 Å².